The van der Waals surface area contributed by atoms with Crippen molar-refractivity contribution in [3.63, 3.8) is 0 Å². The van der Waals surface area contributed by atoms with Gasteiger partial charge in [-0.05, 0) is 12.1 Å². The van der Waals surface area contributed by atoms with Gasteiger partial charge in [0.25, 0.3) is 0 Å². The third kappa shape index (κ3) is 2.33. The zero-order valence-corrected chi connectivity index (χ0v) is 12.1. The smallest absolute Gasteiger partial charge is 0.310 e. The number of nitrogens with one attached hydrogen (secondary N) is 1. The first kappa shape index (κ1) is 14.1. The first-order chi connectivity index (χ1) is 11.1. The summed E-state index contributed by atoms with van der Waals surface area (Å²) in [6.07, 6.45) is 2.43. The van der Waals surface area contributed by atoms with Crippen molar-refractivity contribution in [2.45, 2.75) is 12.2 Å². The summed E-state index contributed by atoms with van der Waals surface area (Å²) in [6, 6.07) is 5.09. The number of hydrogen-bond donors (Lipinski definition) is 2. The van der Waals surface area contributed by atoms with Crippen LogP contribution in [0.1, 0.15) is 0 Å². The van der Waals surface area contributed by atoms with Crippen LogP contribution in [0.5, 0.6) is 11.5 Å². The lowest BCUT2D eigenvalue weighted by molar-refractivity contribution is -0.145. The highest BCUT2D eigenvalue weighted by Gasteiger charge is 2.53. The number of anilines is 1. The van der Waals surface area contributed by atoms with Crippen molar-refractivity contribution in [2.75, 3.05) is 18.5 Å². The molecule has 3 aliphatic rings. The molecular weight excluding hydrogens is 302 g/mol. The number of rotatable bonds is 3. The van der Waals surface area contributed by atoms with E-state index in [0.29, 0.717) is 30.4 Å². The first-order valence-electron chi connectivity index (χ1n) is 7.40. The molecule has 2 bridgehead atoms. The van der Waals surface area contributed by atoms with Crippen molar-refractivity contribution < 1.29 is 28.9 Å². The maximum Gasteiger partial charge on any atom is 0.310 e. The summed E-state index contributed by atoms with van der Waals surface area (Å²) in [4.78, 5) is 23.9. The van der Waals surface area contributed by atoms with Crippen LogP contribution in [0.2, 0.25) is 0 Å². The van der Waals surface area contributed by atoms with Crippen LogP contribution >= 0.6 is 0 Å². The molecule has 0 aliphatic carbocycles. The number of benzene rings is 1. The highest BCUT2D eigenvalue weighted by Crippen LogP contribution is 2.40. The fourth-order valence-electron chi connectivity index (χ4n) is 3.26. The molecule has 1 aromatic carbocycles. The van der Waals surface area contributed by atoms with E-state index in [-0.39, 0.29) is 5.91 Å². The summed E-state index contributed by atoms with van der Waals surface area (Å²) in [5.74, 6) is -1.80. The summed E-state index contributed by atoms with van der Waals surface area (Å²) in [6.45, 7) is 0.949. The summed E-state index contributed by atoms with van der Waals surface area (Å²) >= 11 is 0. The number of carbonyl (C=O) groups is 2. The fraction of sp³-hybridized carbons (Fsp3) is 0.375. The van der Waals surface area contributed by atoms with Crippen LogP contribution in [0.4, 0.5) is 5.69 Å². The van der Waals surface area contributed by atoms with E-state index in [1.165, 1.54) is 0 Å². The van der Waals surface area contributed by atoms with Gasteiger partial charge in [0.05, 0.1) is 18.1 Å². The molecule has 0 radical (unpaired) electrons. The van der Waals surface area contributed by atoms with E-state index in [1.807, 2.05) is 0 Å². The van der Waals surface area contributed by atoms with E-state index in [1.54, 1.807) is 30.4 Å². The van der Waals surface area contributed by atoms with Gasteiger partial charge >= 0.3 is 5.97 Å². The number of carboxylic acid groups (broad SMARTS) is 1. The zero-order chi connectivity index (χ0) is 16.0. The zero-order valence-electron chi connectivity index (χ0n) is 12.1. The number of fused-ring (bicyclic) bond motifs is 3. The molecule has 1 fully saturated rings. The van der Waals surface area contributed by atoms with E-state index in [4.69, 9.17) is 14.2 Å². The van der Waals surface area contributed by atoms with Crippen molar-refractivity contribution >= 4 is 17.6 Å². The molecule has 0 aromatic heterocycles. The number of carboxylic acids is 1. The Hall–Kier alpha value is -2.54. The van der Waals surface area contributed by atoms with Crippen molar-refractivity contribution in [2.24, 2.45) is 11.8 Å². The van der Waals surface area contributed by atoms with Crippen molar-refractivity contribution in [1.82, 2.24) is 0 Å². The Labute approximate surface area is 131 Å². The maximum atomic E-state index is 12.5. The molecule has 23 heavy (non-hydrogen) atoms. The average molecular weight is 317 g/mol. The van der Waals surface area contributed by atoms with E-state index < -0.39 is 30.0 Å². The molecule has 0 spiro atoms. The number of amides is 1. The van der Waals surface area contributed by atoms with E-state index in [0.717, 1.165) is 0 Å². The molecule has 7 heteroatoms. The number of ether oxygens (including phenoxy) is 3. The topological polar surface area (TPSA) is 94.1 Å². The minimum Gasteiger partial charge on any atom is -0.486 e. The van der Waals surface area contributed by atoms with E-state index in [2.05, 4.69) is 5.32 Å². The van der Waals surface area contributed by atoms with Crippen molar-refractivity contribution in [1.29, 1.82) is 0 Å². The van der Waals surface area contributed by atoms with E-state index in [9.17, 15) is 14.7 Å². The van der Waals surface area contributed by atoms with Gasteiger partial charge in [-0.1, -0.05) is 12.2 Å². The van der Waals surface area contributed by atoms with Crippen LogP contribution in [-0.2, 0) is 14.3 Å². The summed E-state index contributed by atoms with van der Waals surface area (Å²) in [5.41, 5.74) is 0.537. The largest absolute Gasteiger partial charge is 0.486 e. The van der Waals surface area contributed by atoms with E-state index >= 15 is 0 Å². The van der Waals surface area contributed by atoms with Gasteiger partial charge in [-0.2, -0.15) is 0 Å². The van der Waals surface area contributed by atoms with Crippen LogP contribution < -0.4 is 14.8 Å². The second kappa shape index (κ2) is 5.27. The molecular formula is C16H15NO6. The summed E-state index contributed by atoms with van der Waals surface area (Å²) < 4.78 is 16.4. The van der Waals surface area contributed by atoms with Gasteiger partial charge in [0.2, 0.25) is 5.91 Å². The molecule has 0 unspecified atom stereocenters. The highest BCUT2D eigenvalue weighted by atomic mass is 16.6. The highest BCUT2D eigenvalue weighted by molar-refractivity contribution is 5.96. The lowest BCUT2D eigenvalue weighted by Gasteiger charge is -2.22. The molecule has 120 valence electrons. The van der Waals surface area contributed by atoms with Crippen LogP contribution in [0.25, 0.3) is 0 Å². The molecule has 4 atom stereocenters. The summed E-state index contributed by atoms with van der Waals surface area (Å²) in [7, 11) is 0. The minimum atomic E-state index is -1.02. The molecule has 4 rings (SSSR count). The van der Waals surface area contributed by atoms with Gasteiger partial charge in [0, 0.05) is 11.8 Å². The van der Waals surface area contributed by atoms with Crippen LogP contribution in [0.3, 0.4) is 0 Å². The Bertz CT molecular complexity index is 700. The molecule has 3 aliphatic heterocycles. The third-order valence-electron chi connectivity index (χ3n) is 4.30. The quantitative estimate of drug-likeness (QED) is 0.809. The Morgan fingerprint density at radius 2 is 1.74 bits per heavy atom. The minimum absolute atomic E-state index is 0.370. The van der Waals surface area contributed by atoms with Crippen LogP contribution in [0, 0.1) is 11.8 Å². The second-order valence-electron chi connectivity index (χ2n) is 5.69. The lowest BCUT2D eigenvalue weighted by Crippen LogP contribution is -2.39. The molecule has 1 amide bonds. The first-order valence-corrected chi connectivity index (χ1v) is 7.40. The Morgan fingerprint density at radius 3 is 2.48 bits per heavy atom. The predicted octanol–water partition coefficient (Wildman–Crippen LogP) is 1.05. The van der Waals surface area contributed by atoms with Gasteiger partial charge < -0.3 is 24.6 Å². The third-order valence-corrected chi connectivity index (χ3v) is 4.30. The van der Waals surface area contributed by atoms with Gasteiger partial charge in [-0.3, -0.25) is 9.59 Å². The predicted molar refractivity (Wildman–Crippen MR) is 78.5 cm³/mol. The van der Waals surface area contributed by atoms with Gasteiger partial charge in [-0.25, -0.2) is 0 Å². The second-order valence-corrected chi connectivity index (χ2v) is 5.69. The van der Waals surface area contributed by atoms with Crippen molar-refractivity contribution in [3.8, 4) is 11.5 Å². The normalized spacial score (nSPS) is 30.3. The standard InChI is InChI=1S/C16H15NO6/c18-15(13-10-3-4-11(23-10)14(13)16(19)20)17-8-1-2-9-12(7-8)22-6-5-21-9/h1-4,7,10-11,13-14H,5-6H2,(H,17,18)(H,19,20)/t10-,11-,13+,14+/m1/s1. The number of carbonyl (C=O) groups excluding carboxylic acids is 1. The molecule has 2 N–H and O–H groups in total. The monoisotopic (exact) mass is 317 g/mol. The molecule has 1 saturated heterocycles. The summed E-state index contributed by atoms with van der Waals surface area (Å²) in [5, 5.41) is 12.1. The average Bonchev–Trinajstić information content (AvgIpc) is 3.15. The van der Waals surface area contributed by atoms with Gasteiger partial charge in [0.1, 0.15) is 19.1 Å². The Balaban J connectivity index is 1.54. The number of hydrogen-bond acceptors (Lipinski definition) is 5. The molecule has 3 heterocycles. The molecule has 1 aromatic rings. The Morgan fingerprint density at radius 1 is 1.04 bits per heavy atom. The molecule has 7 nitrogen and oxygen atoms in total. The van der Waals surface area contributed by atoms with Crippen LogP contribution in [-0.4, -0.2) is 42.4 Å². The van der Waals surface area contributed by atoms with Crippen molar-refractivity contribution in [3.05, 3.63) is 30.4 Å². The fourth-order valence-corrected chi connectivity index (χ4v) is 3.26. The molecule has 0 saturated carbocycles. The van der Waals surface area contributed by atoms with Crippen LogP contribution in [0.15, 0.2) is 30.4 Å². The Kier molecular flexibility index (Phi) is 3.23. The van der Waals surface area contributed by atoms with Gasteiger partial charge in [0.15, 0.2) is 11.5 Å². The number of aliphatic carboxylic acids is 1. The maximum absolute atomic E-state index is 12.5. The SMILES string of the molecule is O=C(O)[C@@H]1[C@@H](C(=O)Nc2ccc3c(c2)OCCO3)[C@H]2C=C[C@H]1O2. The lowest BCUT2D eigenvalue weighted by atomic mass is 9.82. The van der Waals surface area contributed by atoms with Gasteiger partial charge in [-0.15, -0.1) is 0 Å².